The SMILES string of the molecule is CC(C)[C@H](Nc1ccccc1)C(=O)N[C@@H](Cc1ccccc1)C(=O)NC[C@H](O)CP(=O)(O)CC1CCCCC1. The second kappa shape index (κ2) is 15.2. The van der Waals surface area contributed by atoms with Gasteiger partial charge in [0, 0.05) is 24.8 Å². The van der Waals surface area contributed by atoms with Gasteiger partial charge in [-0.3, -0.25) is 14.2 Å². The molecule has 2 amide bonds. The number of anilines is 1. The molecule has 0 saturated heterocycles. The third kappa shape index (κ3) is 10.8. The van der Waals surface area contributed by atoms with Gasteiger partial charge in [0.1, 0.15) is 12.1 Å². The minimum absolute atomic E-state index is 0.0460. The minimum atomic E-state index is -3.52. The number of hydrogen-bond donors (Lipinski definition) is 5. The second-order valence-electron chi connectivity index (χ2n) is 11.1. The van der Waals surface area contributed by atoms with Crippen LogP contribution in [0.15, 0.2) is 60.7 Å². The van der Waals surface area contributed by atoms with E-state index in [0.29, 0.717) is 0 Å². The van der Waals surface area contributed by atoms with Gasteiger partial charge < -0.3 is 26.0 Å². The molecule has 0 aromatic heterocycles. The Hall–Kier alpha value is -2.67. The molecule has 1 fully saturated rings. The van der Waals surface area contributed by atoms with Crippen molar-refractivity contribution >= 4 is 24.9 Å². The summed E-state index contributed by atoms with van der Waals surface area (Å²) in [6.07, 6.45) is 4.32. The molecule has 2 aromatic rings. The predicted octanol–water partition coefficient (Wildman–Crippen LogP) is 4.18. The predicted molar refractivity (Wildman–Crippen MR) is 156 cm³/mol. The van der Waals surface area contributed by atoms with Gasteiger partial charge in [0.25, 0.3) is 0 Å². The van der Waals surface area contributed by atoms with Crippen molar-refractivity contribution in [2.45, 2.75) is 70.6 Å². The molecule has 3 rings (SSSR count). The lowest BCUT2D eigenvalue weighted by atomic mass is 9.91. The molecule has 1 aliphatic carbocycles. The topological polar surface area (TPSA) is 128 Å². The van der Waals surface area contributed by atoms with Crippen LogP contribution in [0.25, 0.3) is 0 Å². The molecule has 0 aliphatic heterocycles. The van der Waals surface area contributed by atoms with Crippen molar-refractivity contribution < 1.29 is 24.2 Å². The first-order valence-electron chi connectivity index (χ1n) is 14.1. The standard InChI is InChI=1S/C30H44N3O5P/c1-22(2)28(32-25-16-10-5-11-17-25)30(36)33-27(18-23-12-6-3-7-13-23)29(35)31-19-26(34)21-39(37,38)20-24-14-8-4-9-15-24/h3,5-7,10-13,16-17,22,24,26-28,32,34H,4,8-9,14-15,18-21H2,1-2H3,(H,31,35)(H,33,36)(H,37,38)/t26-,27-,28-/m0/s1. The van der Waals surface area contributed by atoms with Crippen molar-refractivity contribution in [3.8, 4) is 0 Å². The summed E-state index contributed by atoms with van der Waals surface area (Å²) in [6, 6.07) is 17.4. The highest BCUT2D eigenvalue weighted by atomic mass is 31.2. The van der Waals surface area contributed by atoms with Crippen LogP contribution in [-0.4, -0.2) is 58.9 Å². The molecule has 4 atom stereocenters. The Morgan fingerprint density at radius 3 is 2.18 bits per heavy atom. The van der Waals surface area contributed by atoms with Gasteiger partial charge in [0.2, 0.25) is 19.2 Å². The van der Waals surface area contributed by atoms with Crippen LogP contribution in [-0.2, 0) is 20.6 Å². The molecule has 9 heteroatoms. The number of amides is 2. The fraction of sp³-hybridized carbons (Fsp3) is 0.533. The van der Waals surface area contributed by atoms with Crippen molar-refractivity contribution in [3.63, 3.8) is 0 Å². The van der Waals surface area contributed by atoms with E-state index in [1.807, 2.05) is 74.5 Å². The first-order valence-corrected chi connectivity index (χ1v) is 16.1. The Balaban J connectivity index is 1.62. The maximum atomic E-state index is 13.3. The molecule has 0 spiro atoms. The number of rotatable bonds is 14. The minimum Gasteiger partial charge on any atom is -0.391 e. The van der Waals surface area contributed by atoms with E-state index in [2.05, 4.69) is 16.0 Å². The van der Waals surface area contributed by atoms with Crippen molar-refractivity contribution in [1.82, 2.24) is 10.6 Å². The van der Waals surface area contributed by atoms with E-state index < -0.39 is 31.5 Å². The van der Waals surface area contributed by atoms with Gasteiger partial charge in [-0.1, -0.05) is 81.6 Å². The number of benzene rings is 2. The summed E-state index contributed by atoms with van der Waals surface area (Å²) in [5.41, 5.74) is 1.68. The third-order valence-electron chi connectivity index (χ3n) is 7.24. The lowest BCUT2D eigenvalue weighted by molar-refractivity contribution is -0.130. The normalized spacial score (nSPS) is 18.0. The molecule has 2 aromatic carbocycles. The average Bonchev–Trinajstić information content (AvgIpc) is 2.91. The van der Waals surface area contributed by atoms with Crippen LogP contribution < -0.4 is 16.0 Å². The number of nitrogens with one attached hydrogen (secondary N) is 3. The molecule has 1 aliphatic rings. The third-order valence-corrected chi connectivity index (χ3v) is 9.32. The Bertz CT molecular complexity index is 1080. The monoisotopic (exact) mass is 557 g/mol. The zero-order valence-electron chi connectivity index (χ0n) is 23.1. The van der Waals surface area contributed by atoms with Crippen LogP contribution in [0.5, 0.6) is 0 Å². The molecule has 214 valence electrons. The van der Waals surface area contributed by atoms with Gasteiger partial charge in [0.15, 0.2) is 0 Å². The number of hydrogen-bond acceptors (Lipinski definition) is 5. The van der Waals surface area contributed by atoms with Gasteiger partial charge in [-0.2, -0.15) is 0 Å². The smallest absolute Gasteiger partial charge is 0.243 e. The Kier molecular flexibility index (Phi) is 12.0. The molecule has 0 heterocycles. The first kappa shape index (κ1) is 30.9. The molecule has 5 N–H and O–H groups in total. The number of carbonyl (C=O) groups excluding carboxylic acids is 2. The maximum absolute atomic E-state index is 13.3. The molecule has 39 heavy (non-hydrogen) atoms. The summed E-state index contributed by atoms with van der Waals surface area (Å²) in [5.74, 6) is -0.582. The van der Waals surface area contributed by atoms with Gasteiger partial charge >= 0.3 is 0 Å². The Morgan fingerprint density at radius 1 is 0.949 bits per heavy atom. The largest absolute Gasteiger partial charge is 0.391 e. The molecule has 1 unspecified atom stereocenters. The number of aliphatic hydroxyl groups excluding tert-OH is 1. The highest BCUT2D eigenvalue weighted by molar-refractivity contribution is 7.58. The molecule has 0 bridgehead atoms. The second-order valence-corrected chi connectivity index (χ2v) is 13.5. The van der Waals surface area contributed by atoms with Crippen molar-refractivity contribution in [2.24, 2.45) is 11.8 Å². The lowest BCUT2D eigenvalue weighted by Crippen LogP contribution is -2.54. The number of aliphatic hydroxyl groups is 1. The molecule has 8 nitrogen and oxygen atoms in total. The quantitative estimate of drug-likeness (QED) is 0.222. The first-order chi connectivity index (χ1) is 18.6. The van der Waals surface area contributed by atoms with E-state index >= 15 is 0 Å². The van der Waals surface area contributed by atoms with E-state index in [1.54, 1.807) is 0 Å². The fourth-order valence-electron chi connectivity index (χ4n) is 5.15. The Morgan fingerprint density at radius 2 is 1.56 bits per heavy atom. The van der Waals surface area contributed by atoms with E-state index in [-0.39, 0.29) is 43.0 Å². The summed E-state index contributed by atoms with van der Waals surface area (Å²) in [7, 11) is -3.52. The van der Waals surface area contributed by atoms with Crippen molar-refractivity contribution in [3.05, 3.63) is 66.2 Å². The zero-order chi connectivity index (χ0) is 28.3. The van der Waals surface area contributed by atoms with Crippen LogP contribution in [0.4, 0.5) is 5.69 Å². The Labute approximate surface area is 232 Å². The van der Waals surface area contributed by atoms with Crippen LogP contribution in [0.2, 0.25) is 0 Å². The highest BCUT2D eigenvalue weighted by Gasteiger charge is 2.30. The van der Waals surface area contributed by atoms with Crippen LogP contribution in [0.3, 0.4) is 0 Å². The molecular weight excluding hydrogens is 513 g/mol. The average molecular weight is 558 g/mol. The van der Waals surface area contributed by atoms with Gasteiger partial charge in [-0.05, 0) is 42.4 Å². The molecule has 1 saturated carbocycles. The van der Waals surface area contributed by atoms with Crippen LogP contribution in [0.1, 0.15) is 51.5 Å². The van der Waals surface area contributed by atoms with E-state index in [0.717, 1.165) is 36.9 Å². The molecular formula is C30H44N3O5P. The summed E-state index contributed by atoms with van der Waals surface area (Å²) in [6.45, 7) is 3.71. The van der Waals surface area contributed by atoms with E-state index in [4.69, 9.17) is 0 Å². The summed E-state index contributed by atoms with van der Waals surface area (Å²) in [4.78, 5) is 37.0. The van der Waals surface area contributed by atoms with Gasteiger partial charge in [0.05, 0.1) is 12.3 Å². The molecule has 0 radical (unpaired) electrons. The number of para-hydroxylation sites is 1. The van der Waals surface area contributed by atoms with Gasteiger partial charge in [-0.25, -0.2) is 0 Å². The summed E-state index contributed by atoms with van der Waals surface area (Å²) < 4.78 is 12.8. The van der Waals surface area contributed by atoms with Crippen molar-refractivity contribution in [2.75, 3.05) is 24.2 Å². The van der Waals surface area contributed by atoms with Crippen LogP contribution in [0, 0.1) is 11.8 Å². The summed E-state index contributed by atoms with van der Waals surface area (Å²) >= 11 is 0. The maximum Gasteiger partial charge on any atom is 0.243 e. The number of carbonyl (C=O) groups is 2. The van der Waals surface area contributed by atoms with Gasteiger partial charge in [-0.15, -0.1) is 0 Å². The van der Waals surface area contributed by atoms with E-state index in [9.17, 15) is 24.2 Å². The van der Waals surface area contributed by atoms with Crippen LogP contribution >= 0.6 is 7.37 Å². The fourth-order valence-corrected chi connectivity index (χ4v) is 7.26. The van der Waals surface area contributed by atoms with Crippen molar-refractivity contribution in [1.29, 1.82) is 0 Å². The summed E-state index contributed by atoms with van der Waals surface area (Å²) in [5, 5.41) is 19.3. The zero-order valence-corrected chi connectivity index (χ0v) is 24.0. The highest BCUT2D eigenvalue weighted by Crippen LogP contribution is 2.45. The van der Waals surface area contributed by atoms with E-state index in [1.165, 1.54) is 6.42 Å². The lowest BCUT2D eigenvalue weighted by Gasteiger charge is -2.27.